The minimum atomic E-state index is -0.486. The van der Waals surface area contributed by atoms with Crippen LogP contribution in [0.2, 0.25) is 0 Å². The molecule has 0 aliphatic heterocycles. The minimum absolute atomic E-state index is 0.434. The van der Waals surface area contributed by atoms with Gasteiger partial charge >= 0.3 is 0 Å². The highest BCUT2D eigenvalue weighted by molar-refractivity contribution is 9.40. The largest absolute Gasteiger partial charge is 0.163 e. The van der Waals surface area contributed by atoms with Crippen LogP contribution >= 0.6 is 75.3 Å². The van der Waals surface area contributed by atoms with Crippen molar-refractivity contribution in [3.8, 4) is 0 Å². The van der Waals surface area contributed by atoms with Crippen LogP contribution in [0, 0.1) is 0 Å². The van der Waals surface area contributed by atoms with Gasteiger partial charge in [-0.3, -0.25) is 0 Å². The van der Waals surface area contributed by atoms with Crippen LogP contribution in [-0.2, 0) is 0 Å². The highest BCUT2D eigenvalue weighted by Crippen LogP contribution is 2.52. The lowest BCUT2D eigenvalue weighted by atomic mass is 10.4. The zero-order valence-corrected chi connectivity index (χ0v) is 11.7. The molecule has 0 heterocycles. The van der Waals surface area contributed by atoms with E-state index in [1.165, 1.54) is 0 Å². The Morgan fingerprint density at radius 3 is 1.56 bits per heavy atom. The minimum Gasteiger partial charge on any atom is -0.103 e. The molecule has 0 bridgehead atoms. The van der Waals surface area contributed by atoms with Gasteiger partial charge in [-0.15, -0.1) is 11.6 Å². The van der Waals surface area contributed by atoms with E-state index in [2.05, 4.69) is 63.7 Å². The van der Waals surface area contributed by atoms with E-state index in [-0.39, 0.29) is 0 Å². The van der Waals surface area contributed by atoms with Crippen LogP contribution in [-0.4, -0.2) is 5.93 Å². The van der Waals surface area contributed by atoms with Crippen molar-refractivity contribution in [1.82, 2.24) is 0 Å². The second-order valence-corrected chi connectivity index (χ2v) is 10.8. The van der Waals surface area contributed by atoms with E-state index in [1.807, 2.05) is 6.92 Å². The lowest BCUT2D eigenvalue weighted by molar-refractivity contribution is 0.829. The smallest absolute Gasteiger partial charge is 0.103 e. The van der Waals surface area contributed by atoms with Crippen molar-refractivity contribution in [2.45, 2.75) is 19.3 Å². The van der Waals surface area contributed by atoms with E-state index >= 15 is 0 Å². The van der Waals surface area contributed by atoms with Gasteiger partial charge in [-0.05, 0) is 6.42 Å². The summed E-state index contributed by atoms with van der Waals surface area (Å²) >= 11 is 19.2. The van der Waals surface area contributed by atoms with Gasteiger partial charge in [0.05, 0.1) is 0 Å². The lowest BCUT2D eigenvalue weighted by Gasteiger charge is -2.27. The van der Waals surface area contributed by atoms with Gasteiger partial charge in [0, 0.05) is 0 Å². The molecular formula is C4H5Br4Cl. The predicted molar refractivity (Wildman–Crippen MR) is 57.3 cm³/mol. The average Bonchev–Trinajstić information content (AvgIpc) is 1.64. The second-order valence-electron chi connectivity index (χ2n) is 1.56. The van der Waals surface area contributed by atoms with E-state index in [9.17, 15) is 0 Å². The summed E-state index contributed by atoms with van der Waals surface area (Å²) in [6.45, 7) is 1.99. The molecule has 0 spiro atoms. The van der Waals surface area contributed by atoms with Gasteiger partial charge in [0.25, 0.3) is 0 Å². The van der Waals surface area contributed by atoms with Crippen molar-refractivity contribution in [2.75, 3.05) is 0 Å². The summed E-state index contributed by atoms with van der Waals surface area (Å²) in [5, 5.41) is 0. The van der Waals surface area contributed by atoms with Gasteiger partial charge in [0.2, 0.25) is 0 Å². The van der Waals surface area contributed by atoms with E-state index in [4.69, 9.17) is 11.6 Å². The summed E-state index contributed by atoms with van der Waals surface area (Å²) < 4.78 is -0.920. The van der Waals surface area contributed by atoms with Gasteiger partial charge in [-0.2, -0.15) is 0 Å². The fourth-order valence-electron chi connectivity index (χ4n) is 0.200. The fraction of sp³-hybridized carbons (Fsp3) is 1.00. The van der Waals surface area contributed by atoms with E-state index in [0.29, 0.717) is 0 Å². The highest BCUT2D eigenvalue weighted by Gasteiger charge is 2.41. The molecule has 5 heteroatoms. The molecule has 0 nitrogen and oxygen atoms in total. The monoisotopic (exact) mass is 404 g/mol. The van der Waals surface area contributed by atoms with Crippen LogP contribution in [0.4, 0.5) is 0 Å². The number of hydrogen-bond acceptors (Lipinski definition) is 0. The molecule has 0 aromatic carbocycles. The van der Waals surface area contributed by atoms with Crippen LogP contribution in [0.1, 0.15) is 13.3 Å². The van der Waals surface area contributed by atoms with Crippen molar-refractivity contribution in [1.29, 1.82) is 0 Å². The standard InChI is InChI=1S/C4H5Br4Cl/c1-2-3(5,9)4(6,7)8/h2H2,1H3. The molecule has 1 atom stereocenters. The molecule has 0 aliphatic carbocycles. The Morgan fingerprint density at radius 2 is 1.56 bits per heavy atom. The molecule has 0 saturated carbocycles. The van der Waals surface area contributed by atoms with E-state index in [1.54, 1.807) is 0 Å². The Morgan fingerprint density at radius 1 is 1.22 bits per heavy atom. The van der Waals surface area contributed by atoms with Crippen molar-refractivity contribution in [2.24, 2.45) is 0 Å². The molecule has 9 heavy (non-hydrogen) atoms. The maximum absolute atomic E-state index is 5.97. The first-order valence-corrected chi connectivity index (χ1v) is 5.81. The van der Waals surface area contributed by atoms with Gasteiger partial charge in [-0.25, -0.2) is 0 Å². The maximum atomic E-state index is 5.97. The molecule has 0 saturated heterocycles. The molecular weight excluding hydrogens is 403 g/mol. The molecule has 0 N–H and O–H groups in total. The molecule has 0 aromatic heterocycles. The van der Waals surface area contributed by atoms with Gasteiger partial charge in [0.1, 0.15) is 3.78 Å². The summed E-state index contributed by atoms with van der Waals surface area (Å²) in [7, 11) is 0. The van der Waals surface area contributed by atoms with Crippen LogP contribution in [0.15, 0.2) is 0 Å². The van der Waals surface area contributed by atoms with E-state index < -0.39 is 5.93 Å². The molecule has 56 valence electrons. The molecule has 0 aromatic rings. The summed E-state index contributed by atoms with van der Waals surface area (Å²) in [6.07, 6.45) is 0.802. The third-order valence-electron chi connectivity index (χ3n) is 0.859. The topological polar surface area (TPSA) is 0 Å². The first-order valence-electron chi connectivity index (χ1n) is 2.26. The molecule has 1 unspecified atom stereocenters. The summed E-state index contributed by atoms with van der Waals surface area (Å²) in [5.41, 5.74) is 0. The van der Waals surface area contributed by atoms with E-state index in [0.717, 1.165) is 6.42 Å². The molecule has 0 rings (SSSR count). The second kappa shape index (κ2) is 3.74. The summed E-state index contributed by atoms with van der Waals surface area (Å²) in [6, 6.07) is 0. The first kappa shape index (κ1) is 11.2. The summed E-state index contributed by atoms with van der Waals surface area (Å²) in [5.74, 6) is 0. The zero-order chi connectivity index (χ0) is 7.71. The number of hydrogen-bond donors (Lipinski definition) is 0. The van der Waals surface area contributed by atoms with Crippen LogP contribution in [0.5, 0.6) is 0 Å². The first-order chi connectivity index (χ1) is 3.81. The Labute approximate surface area is 93.6 Å². The van der Waals surface area contributed by atoms with Crippen LogP contribution in [0.25, 0.3) is 0 Å². The molecule has 0 amide bonds. The van der Waals surface area contributed by atoms with Crippen molar-refractivity contribution >= 4 is 75.3 Å². The van der Waals surface area contributed by atoms with Gasteiger partial charge in [0.15, 0.2) is 2.14 Å². The van der Waals surface area contributed by atoms with Crippen LogP contribution < -0.4 is 0 Å². The quantitative estimate of drug-likeness (QED) is 0.558. The predicted octanol–water partition coefficient (Wildman–Crippen LogP) is 4.56. The molecule has 0 aliphatic rings. The zero-order valence-electron chi connectivity index (χ0n) is 4.60. The highest BCUT2D eigenvalue weighted by atomic mass is 80.0. The van der Waals surface area contributed by atoms with Gasteiger partial charge < -0.3 is 0 Å². The van der Waals surface area contributed by atoms with Crippen molar-refractivity contribution in [3.63, 3.8) is 0 Å². The Hall–Kier alpha value is 2.21. The SMILES string of the molecule is CCC(Cl)(Br)C(Br)(Br)Br. The molecule has 0 fully saturated rings. The van der Waals surface area contributed by atoms with Crippen molar-refractivity contribution < 1.29 is 0 Å². The number of alkyl halides is 5. The normalized spacial score (nSPS) is 19.3. The van der Waals surface area contributed by atoms with Gasteiger partial charge in [-0.1, -0.05) is 70.6 Å². The lowest BCUT2D eigenvalue weighted by Crippen LogP contribution is -2.27. The van der Waals surface area contributed by atoms with Crippen molar-refractivity contribution in [3.05, 3.63) is 0 Å². The fourth-order valence-corrected chi connectivity index (χ4v) is 1.04. The number of rotatable bonds is 1. The molecule has 0 radical (unpaired) electrons. The average molecular weight is 408 g/mol. The Kier molecular flexibility index (Phi) is 4.66. The maximum Gasteiger partial charge on any atom is 0.163 e. The Balaban J connectivity index is 4.14. The Bertz CT molecular complexity index is 95.2. The number of halogens is 5. The third kappa shape index (κ3) is 3.41. The van der Waals surface area contributed by atoms with Crippen LogP contribution in [0.3, 0.4) is 0 Å². The third-order valence-corrected chi connectivity index (χ3v) is 6.88. The summed E-state index contributed by atoms with van der Waals surface area (Å²) in [4.78, 5) is 0.